The zero-order chi connectivity index (χ0) is 16.7. The number of aryl methyl sites for hydroxylation is 2. The largest absolute Gasteiger partial charge is 0.328 e. The van der Waals surface area contributed by atoms with Crippen molar-refractivity contribution in [1.29, 1.82) is 0 Å². The summed E-state index contributed by atoms with van der Waals surface area (Å²) in [7, 11) is 0. The van der Waals surface area contributed by atoms with E-state index in [1.54, 1.807) is 11.3 Å². The summed E-state index contributed by atoms with van der Waals surface area (Å²) in [5, 5.41) is 13.6. The Labute approximate surface area is 145 Å². The fourth-order valence-corrected chi connectivity index (χ4v) is 4.56. The Morgan fingerprint density at radius 2 is 2.25 bits per heavy atom. The van der Waals surface area contributed by atoms with Gasteiger partial charge < -0.3 is 10.2 Å². The number of aromatic amines is 1. The minimum atomic E-state index is 0.0320. The van der Waals surface area contributed by atoms with Gasteiger partial charge in [0.1, 0.15) is 5.01 Å². The van der Waals surface area contributed by atoms with Gasteiger partial charge in [-0.05, 0) is 45.4 Å². The smallest absolute Gasteiger partial charge is 0.318 e. The molecule has 0 unspecified atom stereocenters. The van der Waals surface area contributed by atoms with Crippen molar-refractivity contribution in [2.45, 2.75) is 51.6 Å². The van der Waals surface area contributed by atoms with E-state index in [0.29, 0.717) is 5.92 Å². The molecule has 3 heterocycles. The second-order valence-corrected chi connectivity index (χ2v) is 7.76. The number of thiazole rings is 1. The molecule has 0 aromatic carbocycles. The lowest BCUT2D eigenvalue weighted by molar-refractivity contribution is 0.187. The highest BCUT2D eigenvalue weighted by Crippen LogP contribution is 2.42. The Morgan fingerprint density at radius 3 is 2.88 bits per heavy atom. The first-order chi connectivity index (χ1) is 11.6. The van der Waals surface area contributed by atoms with Gasteiger partial charge in [0.2, 0.25) is 0 Å². The van der Waals surface area contributed by atoms with Crippen LogP contribution < -0.4 is 5.32 Å². The van der Waals surface area contributed by atoms with Crippen LogP contribution in [-0.2, 0) is 0 Å². The zero-order valence-electron chi connectivity index (χ0n) is 14.1. The van der Waals surface area contributed by atoms with Crippen molar-refractivity contribution in [3.63, 3.8) is 0 Å². The lowest BCUT2D eigenvalue weighted by Gasteiger charge is -2.28. The maximum absolute atomic E-state index is 13.0. The number of carbonyl (C=O) groups excluding carboxylic acids is 1. The van der Waals surface area contributed by atoms with Crippen LogP contribution >= 0.6 is 11.3 Å². The average molecular weight is 345 g/mol. The molecule has 1 saturated carbocycles. The van der Waals surface area contributed by atoms with Crippen LogP contribution in [0, 0.1) is 19.8 Å². The van der Waals surface area contributed by atoms with E-state index in [-0.39, 0.29) is 18.1 Å². The number of nitrogens with zero attached hydrogens (tertiary/aromatic N) is 3. The van der Waals surface area contributed by atoms with Gasteiger partial charge in [0, 0.05) is 29.4 Å². The van der Waals surface area contributed by atoms with Crippen LogP contribution in [0.25, 0.3) is 0 Å². The summed E-state index contributed by atoms with van der Waals surface area (Å²) in [6, 6.07) is 0.217. The predicted molar refractivity (Wildman–Crippen MR) is 92.9 cm³/mol. The van der Waals surface area contributed by atoms with Crippen molar-refractivity contribution >= 4 is 17.4 Å². The molecule has 0 bridgehead atoms. The van der Waals surface area contributed by atoms with E-state index < -0.39 is 0 Å². The minimum Gasteiger partial charge on any atom is -0.328 e. The summed E-state index contributed by atoms with van der Waals surface area (Å²) in [5.74, 6) is 0.540. The second-order valence-electron chi connectivity index (χ2n) is 6.83. The fraction of sp³-hybridized carbons (Fsp3) is 0.588. The van der Waals surface area contributed by atoms with Crippen LogP contribution in [0.4, 0.5) is 4.79 Å². The van der Waals surface area contributed by atoms with Gasteiger partial charge in [-0.15, -0.1) is 11.3 Å². The molecule has 6 nitrogen and oxygen atoms in total. The highest BCUT2D eigenvalue weighted by Gasteiger charge is 2.38. The lowest BCUT2D eigenvalue weighted by Crippen LogP contribution is -2.42. The average Bonchev–Trinajstić information content (AvgIpc) is 2.97. The third-order valence-electron chi connectivity index (χ3n) is 5.12. The monoisotopic (exact) mass is 345 g/mol. The standard InChI is InChI=1S/C17H23N5OS/c1-10-14(11(2)21-20-10)13-4-3-8-22(13)17(23)19-15(12-5-6-12)16-18-7-9-24-16/h7,9,12-13,15H,3-6,8H2,1-2H3,(H,19,23)(H,20,21)/t13-,15-/m1/s1. The maximum atomic E-state index is 13.0. The first kappa shape index (κ1) is 15.6. The molecule has 2 aromatic heterocycles. The van der Waals surface area contributed by atoms with Gasteiger partial charge >= 0.3 is 6.03 Å². The van der Waals surface area contributed by atoms with E-state index >= 15 is 0 Å². The van der Waals surface area contributed by atoms with Crippen LogP contribution in [-0.4, -0.2) is 32.7 Å². The second kappa shape index (κ2) is 6.20. The molecule has 2 atom stereocenters. The van der Waals surface area contributed by atoms with Gasteiger partial charge in [0.25, 0.3) is 0 Å². The Kier molecular flexibility index (Phi) is 4.04. The molecular weight excluding hydrogens is 322 g/mol. The number of likely N-dealkylation sites (tertiary alicyclic amines) is 1. The van der Waals surface area contributed by atoms with E-state index in [4.69, 9.17) is 0 Å². The van der Waals surface area contributed by atoms with Gasteiger partial charge in [-0.2, -0.15) is 5.10 Å². The van der Waals surface area contributed by atoms with E-state index in [1.165, 1.54) is 18.4 Å². The fourth-order valence-electron chi connectivity index (χ4n) is 3.78. The molecule has 24 heavy (non-hydrogen) atoms. The molecule has 1 aliphatic carbocycles. The third kappa shape index (κ3) is 2.81. The number of carbonyl (C=O) groups is 1. The summed E-state index contributed by atoms with van der Waals surface area (Å²) >= 11 is 1.63. The molecule has 2 fully saturated rings. The molecule has 2 aromatic rings. The minimum absolute atomic E-state index is 0.0320. The summed E-state index contributed by atoms with van der Waals surface area (Å²) in [6.07, 6.45) is 6.20. The molecule has 4 rings (SSSR count). The molecule has 128 valence electrons. The molecule has 1 saturated heterocycles. The Bertz CT molecular complexity index is 702. The summed E-state index contributed by atoms with van der Waals surface area (Å²) in [5.41, 5.74) is 3.24. The van der Waals surface area contributed by atoms with Crippen LogP contribution in [0.2, 0.25) is 0 Å². The topological polar surface area (TPSA) is 73.9 Å². The number of urea groups is 1. The van der Waals surface area contributed by atoms with Gasteiger partial charge in [0.05, 0.1) is 17.8 Å². The summed E-state index contributed by atoms with van der Waals surface area (Å²) in [6.45, 7) is 4.85. The van der Waals surface area contributed by atoms with Crippen LogP contribution in [0.3, 0.4) is 0 Å². The van der Waals surface area contributed by atoms with Gasteiger partial charge in [-0.3, -0.25) is 5.10 Å². The van der Waals surface area contributed by atoms with Crippen LogP contribution in [0.15, 0.2) is 11.6 Å². The number of hydrogen-bond acceptors (Lipinski definition) is 4. The van der Waals surface area contributed by atoms with E-state index in [1.807, 2.05) is 30.3 Å². The molecule has 7 heteroatoms. The number of amides is 2. The third-order valence-corrected chi connectivity index (χ3v) is 5.98. The summed E-state index contributed by atoms with van der Waals surface area (Å²) in [4.78, 5) is 19.4. The first-order valence-corrected chi connectivity index (χ1v) is 9.51. The molecule has 2 N–H and O–H groups in total. The molecular formula is C17H23N5OS. The Hall–Kier alpha value is -1.89. The molecule has 0 spiro atoms. The van der Waals surface area contributed by atoms with Gasteiger partial charge in [-0.25, -0.2) is 9.78 Å². The number of H-pyrrole nitrogens is 1. The maximum Gasteiger partial charge on any atom is 0.318 e. The SMILES string of the molecule is Cc1n[nH]c(C)c1[C@H]1CCCN1C(=O)N[C@@H](c1nccs1)C1CC1. The number of aromatic nitrogens is 3. The predicted octanol–water partition coefficient (Wildman–Crippen LogP) is 3.48. The number of nitrogens with one attached hydrogen (secondary N) is 2. The molecule has 2 amide bonds. The van der Waals surface area contributed by atoms with E-state index in [2.05, 4.69) is 20.5 Å². The van der Waals surface area contributed by atoms with Crippen LogP contribution in [0.5, 0.6) is 0 Å². The van der Waals surface area contributed by atoms with Crippen molar-refractivity contribution in [3.05, 3.63) is 33.5 Å². The zero-order valence-corrected chi connectivity index (χ0v) is 14.9. The lowest BCUT2D eigenvalue weighted by atomic mass is 10.0. The Balaban J connectivity index is 1.53. The molecule has 0 radical (unpaired) electrons. The Morgan fingerprint density at radius 1 is 1.42 bits per heavy atom. The molecule has 1 aliphatic heterocycles. The number of rotatable bonds is 4. The number of hydrogen-bond donors (Lipinski definition) is 2. The van der Waals surface area contributed by atoms with Crippen molar-refractivity contribution in [2.24, 2.45) is 5.92 Å². The highest BCUT2D eigenvalue weighted by molar-refractivity contribution is 7.09. The highest BCUT2D eigenvalue weighted by atomic mass is 32.1. The van der Waals surface area contributed by atoms with Crippen LogP contribution in [0.1, 0.15) is 59.7 Å². The van der Waals surface area contributed by atoms with Gasteiger partial charge in [-0.1, -0.05) is 0 Å². The van der Waals surface area contributed by atoms with Crippen molar-refractivity contribution in [2.75, 3.05) is 6.54 Å². The normalized spacial score (nSPS) is 21.9. The van der Waals surface area contributed by atoms with E-state index in [9.17, 15) is 4.79 Å². The van der Waals surface area contributed by atoms with Gasteiger partial charge in [0.15, 0.2) is 0 Å². The quantitative estimate of drug-likeness (QED) is 0.891. The first-order valence-electron chi connectivity index (χ1n) is 8.63. The van der Waals surface area contributed by atoms with Crippen molar-refractivity contribution < 1.29 is 4.79 Å². The van der Waals surface area contributed by atoms with Crippen molar-refractivity contribution in [3.8, 4) is 0 Å². The molecule has 2 aliphatic rings. The summed E-state index contributed by atoms with van der Waals surface area (Å²) < 4.78 is 0. The van der Waals surface area contributed by atoms with Crippen molar-refractivity contribution in [1.82, 2.24) is 25.4 Å². The van der Waals surface area contributed by atoms with E-state index in [0.717, 1.165) is 35.8 Å².